The highest BCUT2D eigenvalue weighted by Gasteiger charge is 2.75. The van der Waals surface area contributed by atoms with Crippen LogP contribution in [0.4, 0.5) is 0 Å². The van der Waals surface area contributed by atoms with Crippen LogP contribution in [-0.2, 0) is 14.3 Å². The minimum absolute atomic E-state index is 0.00829. The first kappa shape index (κ1) is 26.5. The summed E-state index contributed by atoms with van der Waals surface area (Å²) in [7, 11) is 0. The monoisotopic (exact) mass is 500 g/mol. The molecule has 5 aliphatic carbocycles. The van der Waals surface area contributed by atoms with Crippen LogP contribution in [0.25, 0.3) is 0 Å². The summed E-state index contributed by atoms with van der Waals surface area (Å²) in [4.78, 5) is 25.5. The SMILES string of the molecule is CC(=O)OC1CCC2C(C)(CCC3C2(C)CCC2(C)C4CC(C)(C)CCC4(C)CCC32C(=O)O)C1C. The molecule has 5 saturated carbocycles. The summed E-state index contributed by atoms with van der Waals surface area (Å²) in [6.07, 6.45) is 11.8. The largest absolute Gasteiger partial charge is 0.481 e. The van der Waals surface area contributed by atoms with E-state index in [1.165, 1.54) is 26.2 Å². The lowest BCUT2D eigenvalue weighted by Crippen LogP contribution is -2.70. The van der Waals surface area contributed by atoms with Crippen LogP contribution in [0.3, 0.4) is 0 Å². The van der Waals surface area contributed by atoms with E-state index in [0.29, 0.717) is 23.2 Å². The van der Waals surface area contributed by atoms with Gasteiger partial charge < -0.3 is 9.84 Å². The van der Waals surface area contributed by atoms with E-state index in [-0.39, 0.29) is 39.7 Å². The predicted molar refractivity (Wildman–Crippen MR) is 142 cm³/mol. The van der Waals surface area contributed by atoms with E-state index in [1.54, 1.807) is 0 Å². The first-order valence-electron chi connectivity index (χ1n) is 15.0. The van der Waals surface area contributed by atoms with E-state index >= 15 is 0 Å². The number of carbonyl (C=O) groups excluding carboxylic acids is 1. The van der Waals surface area contributed by atoms with E-state index in [4.69, 9.17) is 4.74 Å². The minimum atomic E-state index is -0.630. The Morgan fingerprint density at radius 1 is 0.750 bits per heavy atom. The number of hydrogen-bond donors (Lipinski definition) is 1. The van der Waals surface area contributed by atoms with Crippen molar-refractivity contribution in [3.05, 3.63) is 0 Å². The van der Waals surface area contributed by atoms with Crippen LogP contribution in [-0.4, -0.2) is 23.1 Å². The van der Waals surface area contributed by atoms with E-state index < -0.39 is 11.4 Å². The van der Waals surface area contributed by atoms with Gasteiger partial charge in [-0.3, -0.25) is 9.59 Å². The third-order valence-corrected chi connectivity index (χ3v) is 14.0. The van der Waals surface area contributed by atoms with Crippen molar-refractivity contribution in [3.8, 4) is 0 Å². The molecule has 0 saturated heterocycles. The van der Waals surface area contributed by atoms with Crippen molar-refractivity contribution in [2.75, 3.05) is 0 Å². The van der Waals surface area contributed by atoms with Gasteiger partial charge in [0.25, 0.3) is 0 Å². The maximum absolute atomic E-state index is 13.7. The van der Waals surface area contributed by atoms with E-state index in [0.717, 1.165) is 51.4 Å². The Morgan fingerprint density at radius 3 is 2.06 bits per heavy atom. The van der Waals surface area contributed by atoms with Crippen molar-refractivity contribution < 1.29 is 19.4 Å². The molecule has 10 unspecified atom stereocenters. The molecule has 0 amide bonds. The van der Waals surface area contributed by atoms with Crippen LogP contribution in [0.2, 0.25) is 0 Å². The highest BCUT2D eigenvalue weighted by Crippen LogP contribution is 2.78. The molecule has 1 N–H and O–H groups in total. The molecule has 10 atom stereocenters. The normalized spacial score (nSPS) is 53.7. The zero-order valence-electron chi connectivity index (χ0n) is 24.3. The lowest BCUT2D eigenvalue weighted by atomic mass is 9.29. The summed E-state index contributed by atoms with van der Waals surface area (Å²) in [5.41, 5.74) is -0.0931. The molecule has 36 heavy (non-hydrogen) atoms. The smallest absolute Gasteiger partial charge is 0.310 e. The summed E-state index contributed by atoms with van der Waals surface area (Å²) in [6.45, 7) is 18.5. The summed E-state index contributed by atoms with van der Waals surface area (Å²) in [5, 5.41) is 11.2. The highest BCUT2D eigenvalue weighted by molar-refractivity contribution is 5.77. The molecule has 4 nitrogen and oxygen atoms in total. The van der Waals surface area contributed by atoms with Crippen molar-refractivity contribution in [1.82, 2.24) is 0 Å². The number of fused-ring (bicyclic) bond motifs is 7. The molecule has 0 radical (unpaired) electrons. The molecule has 0 bridgehead atoms. The summed E-state index contributed by atoms with van der Waals surface area (Å²) in [6, 6.07) is 0. The number of carbonyl (C=O) groups is 2. The lowest BCUT2D eigenvalue weighted by molar-refractivity contribution is -0.268. The Morgan fingerprint density at radius 2 is 1.42 bits per heavy atom. The molecule has 5 rings (SSSR count). The summed E-state index contributed by atoms with van der Waals surface area (Å²) < 4.78 is 5.80. The van der Waals surface area contributed by atoms with Gasteiger partial charge in [-0.25, -0.2) is 0 Å². The quantitative estimate of drug-likeness (QED) is 0.392. The second-order valence-corrected chi connectivity index (χ2v) is 15.9. The van der Waals surface area contributed by atoms with Crippen molar-refractivity contribution >= 4 is 11.9 Å². The number of aliphatic carboxylic acids is 1. The fourth-order valence-electron chi connectivity index (χ4n) is 11.8. The standard InChI is InChI=1S/C32H52O4/c1-20-22(36-21(2)33)9-10-23-29(20,6)12-11-24-30(23,7)16-17-31(8)25-19-27(3,4)13-14-28(25,5)15-18-32(24,31)26(34)35/h20,22-25H,9-19H2,1-8H3,(H,34,35). The zero-order chi connectivity index (χ0) is 26.5. The molecule has 4 heteroatoms. The molecule has 204 valence electrons. The number of rotatable bonds is 2. The topological polar surface area (TPSA) is 63.6 Å². The third-order valence-electron chi connectivity index (χ3n) is 14.0. The lowest BCUT2D eigenvalue weighted by Gasteiger charge is -2.74. The Hall–Kier alpha value is -1.06. The number of esters is 1. The van der Waals surface area contributed by atoms with Crippen LogP contribution >= 0.6 is 0 Å². The Bertz CT molecular complexity index is 940. The van der Waals surface area contributed by atoms with Crippen molar-refractivity contribution in [3.63, 3.8) is 0 Å². The number of carboxylic acids is 1. The molecule has 0 spiro atoms. The minimum Gasteiger partial charge on any atom is -0.481 e. The Balaban J connectivity index is 1.56. The molecule has 0 aromatic heterocycles. The van der Waals surface area contributed by atoms with Gasteiger partial charge in [-0.1, -0.05) is 48.5 Å². The van der Waals surface area contributed by atoms with Gasteiger partial charge in [-0.15, -0.1) is 0 Å². The third kappa shape index (κ3) is 3.30. The predicted octanol–water partition coefficient (Wildman–Crippen LogP) is 7.88. The maximum Gasteiger partial charge on any atom is 0.310 e. The number of hydrogen-bond acceptors (Lipinski definition) is 3. The second-order valence-electron chi connectivity index (χ2n) is 15.9. The Labute approximate surface area is 219 Å². The molecular formula is C32H52O4. The van der Waals surface area contributed by atoms with Crippen molar-refractivity contribution in [2.45, 2.75) is 132 Å². The van der Waals surface area contributed by atoms with Gasteiger partial charge in [-0.2, -0.15) is 0 Å². The molecule has 5 aliphatic rings. The average molecular weight is 501 g/mol. The fourth-order valence-corrected chi connectivity index (χ4v) is 11.8. The van der Waals surface area contributed by atoms with Gasteiger partial charge in [0.15, 0.2) is 0 Å². The highest BCUT2D eigenvalue weighted by atomic mass is 16.5. The van der Waals surface area contributed by atoms with Gasteiger partial charge in [0, 0.05) is 6.92 Å². The summed E-state index contributed by atoms with van der Waals surface area (Å²) in [5.74, 6) is 0.828. The first-order chi connectivity index (χ1) is 16.6. The van der Waals surface area contributed by atoms with Gasteiger partial charge in [-0.05, 0) is 121 Å². The van der Waals surface area contributed by atoms with Crippen molar-refractivity contribution in [2.24, 2.45) is 56.2 Å². The second kappa shape index (κ2) is 7.98. The van der Waals surface area contributed by atoms with E-state index in [2.05, 4.69) is 48.5 Å². The molecule has 0 heterocycles. The van der Waals surface area contributed by atoms with Crippen LogP contribution in [0, 0.1) is 56.2 Å². The van der Waals surface area contributed by atoms with Crippen LogP contribution in [0.1, 0.15) is 126 Å². The molecule has 0 aromatic carbocycles. The van der Waals surface area contributed by atoms with Gasteiger partial charge >= 0.3 is 11.9 Å². The van der Waals surface area contributed by atoms with Crippen LogP contribution in [0.15, 0.2) is 0 Å². The molecular weight excluding hydrogens is 448 g/mol. The van der Waals surface area contributed by atoms with Crippen LogP contribution < -0.4 is 0 Å². The number of carboxylic acid groups (broad SMARTS) is 1. The van der Waals surface area contributed by atoms with E-state index in [9.17, 15) is 14.7 Å². The Kier molecular flexibility index (Phi) is 5.88. The van der Waals surface area contributed by atoms with E-state index in [1.807, 2.05) is 0 Å². The van der Waals surface area contributed by atoms with Gasteiger partial charge in [0.1, 0.15) is 6.10 Å². The fraction of sp³-hybridized carbons (Fsp3) is 0.938. The number of ether oxygens (including phenoxy) is 1. The van der Waals surface area contributed by atoms with Crippen LogP contribution in [0.5, 0.6) is 0 Å². The molecule has 0 aliphatic heterocycles. The molecule has 5 fully saturated rings. The average Bonchev–Trinajstić information content (AvgIpc) is 2.77. The van der Waals surface area contributed by atoms with Crippen molar-refractivity contribution in [1.29, 1.82) is 0 Å². The zero-order valence-corrected chi connectivity index (χ0v) is 24.3. The maximum atomic E-state index is 13.7. The first-order valence-corrected chi connectivity index (χ1v) is 15.0. The summed E-state index contributed by atoms with van der Waals surface area (Å²) >= 11 is 0. The van der Waals surface area contributed by atoms with Gasteiger partial charge in [0.2, 0.25) is 0 Å². The molecule has 0 aromatic rings. The van der Waals surface area contributed by atoms with Gasteiger partial charge in [0.05, 0.1) is 5.41 Å².